The molecule has 2 N–H and O–H groups in total. The Labute approximate surface area is 208 Å². The van der Waals surface area contributed by atoms with Crippen LogP contribution in [-0.2, 0) is 0 Å². The highest BCUT2D eigenvalue weighted by Gasteiger charge is 2.32. The molecule has 1 aliphatic heterocycles. The van der Waals surface area contributed by atoms with Crippen molar-refractivity contribution in [3.63, 3.8) is 0 Å². The highest BCUT2D eigenvalue weighted by molar-refractivity contribution is 7.13. The van der Waals surface area contributed by atoms with Gasteiger partial charge >= 0.3 is 10.8 Å². The second kappa shape index (κ2) is 9.65. The summed E-state index contributed by atoms with van der Waals surface area (Å²) in [6.07, 6.45) is 0.622. The number of nitrogens with one attached hydrogen (secondary N) is 1. The van der Waals surface area contributed by atoms with Gasteiger partial charge in [0, 0.05) is 11.4 Å². The number of aromatic carboxylic acids is 1. The lowest BCUT2D eigenvalue weighted by Gasteiger charge is -2.22. The molecule has 2 heterocycles. The lowest BCUT2D eigenvalue weighted by atomic mass is 9.98. The number of carboxylic acids is 1. The van der Waals surface area contributed by atoms with Gasteiger partial charge in [0.1, 0.15) is 0 Å². The Morgan fingerprint density at radius 2 is 1.74 bits per heavy atom. The monoisotopic (exact) mass is 503 g/mol. The molecule has 1 aliphatic rings. The number of benzene rings is 3. The van der Waals surface area contributed by atoms with Crippen LogP contribution in [0.2, 0.25) is 5.02 Å². The minimum Gasteiger partial charge on any atom is -0.478 e. The largest absolute Gasteiger partial charge is 0.478 e. The fraction of sp³-hybridized carbons (Fsp3) is 0.0800. The summed E-state index contributed by atoms with van der Waals surface area (Å²) >= 11 is 7.03. The van der Waals surface area contributed by atoms with E-state index in [2.05, 4.69) is 15.2 Å². The Bertz CT molecular complexity index is 1480. The van der Waals surface area contributed by atoms with E-state index < -0.39 is 5.97 Å². The maximum Gasteiger partial charge on any atom is 0.335 e. The molecule has 174 valence electrons. The van der Waals surface area contributed by atoms with Crippen molar-refractivity contribution >= 4 is 51.1 Å². The highest BCUT2D eigenvalue weighted by atomic mass is 35.5. The van der Waals surface area contributed by atoms with Crippen molar-refractivity contribution in [3.05, 3.63) is 110 Å². The normalized spacial score (nSPS) is 15.5. The number of nitrogens with zero attached hydrogens (tertiary/aromatic N) is 4. The summed E-state index contributed by atoms with van der Waals surface area (Å²) in [7, 11) is 0. The van der Waals surface area contributed by atoms with Crippen molar-refractivity contribution in [2.45, 2.75) is 12.5 Å². The maximum absolute atomic E-state index is 12.3. The lowest BCUT2D eigenvalue weighted by Crippen LogP contribution is -2.19. The number of hydrazone groups is 1. The second-order valence-corrected chi connectivity index (χ2v) is 9.15. The third kappa shape index (κ3) is 4.91. The predicted octanol–water partition coefficient (Wildman–Crippen LogP) is 6.56. The van der Waals surface area contributed by atoms with E-state index in [0.717, 1.165) is 28.2 Å². The Morgan fingerprint density at radius 1 is 1.03 bits per heavy atom. The number of rotatable bonds is 6. The number of carboxylic acid groups (broad SMARTS) is 1. The number of hydrogen-bond acceptors (Lipinski definition) is 7. The Balaban J connectivity index is 1.52. The van der Waals surface area contributed by atoms with E-state index in [1.54, 1.807) is 17.1 Å². The van der Waals surface area contributed by atoms with Crippen LogP contribution >= 0.6 is 22.9 Å². The molecule has 1 aromatic heterocycles. The van der Waals surface area contributed by atoms with Crippen LogP contribution in [0.1, 0.15) is 33.9 Å². The number of hydrogen-bond donors (Lipinski definition) is 2. The number of carbonyl (C=O) groups is 1. The van der Waals surface area contributed by atoms with E-state index in [0.29, 0.717) is 27.9 Å². The van der Waals surface area contributed by atoms with Crippen molar-refractivity contribution in [3.8, 4) is 0 Å². The zero-order valence-electron chi connectivity index (χ0n) is 18.1. The smallest absolute Gasteiger partial charge is 0.335 e. The third-order valence-electron chi connectivity index (χ3n) is 5.48. The third-order valence-corrected chi connectivity index (χ3v) is 6.49. The topological polar surface area (TPSA) is 110 Å². The second-order valence-electron chi connectivity index (χ2n) is 7.75. The first-order valence-corrected chi connectivity index (χ1v) is 11.8. The molecule has 0 saturated heterocycles. The standard InChI is InChI=1S/C25H18ClN5O3S/c26-18-10-6-16(7-11-18)21-14-20(15-4-2-1-3-5-15)30-31(21)22-23(35-25(34)27-22)29-28-19-12-8-17(9-13-19)24(32)33/h1-13,21H,14H2,(H,27,34)(H,32,33)/t21-/m0/s1. The zero-order chi connectivity index (χ0) is 24.4. The van der Waals surface area contributed by atoms with Crippen LogP contribution in [0.25, 0.3) is 0 Å². The van der Waals surface area contributed by atoms with E-state index in [9.17, 15) is 9.59 Å². The fourth-order valence-electron chi connectivity index (χ4n) is 3.77. The quantitative estimate of drug-likeness (QED) is 0.290. The van der Waals surface area contributed by atoms with Gasteiger partial charge < -0.3 is 5.11 Å². The number of aromatic nitrogens is 1. The van der Waals surface area contributed by atoms with Crippen molar-refractivity contribution in [2.24, 2.45) is 15.3 Å². The van der Waals surface area contributed by atoms with Gasteiger partial charge in [-0.1, -0.05) is 65.4 Å². The fourth-order valence-corrected chi connectivity index (χ4v) is 4.55. The first-order valence-electron chi connectivity index (χ1n) is 10.6. The van der Waals surface area contributed by atoms with Gasteiger partial charge in [-0.15, -0.1) is 10.2 Å². The molecule has 3 aromatic carbocycles. The van der Waals surface area contributed by atoms with Crippen LogP contribution in [0.4, 0.5) is 16.5 Å². The first kappa shape index (κ1) is 22.7. The van der Waals surface area contributed by atoms with Crippen LogP contribution in [-0.4, -0.2) is 21.8 Å². The number of halogens is 1. The first-order chi connectivity index (χ1) is 17.0. The highest BCUT2D eigenvalue weighted by Crippen LogP contribution is 2.41. The molecule has 0 radical (unpaired) electrons. The van der Waals surface area contributed by atoms with E-state index >= 15 is 0 Å². The van der Waals surface area contributed by atoms with Gasteiger partial charge in [0.25, 0.3) is 0 Å². The van der Waals surface area contributed by atoms with Crippen LogP contribution in [0.3, 0.4) is 0 Å². The van der Waals surface area contributed by atoms with Gasteiger partial charge in [-0.25, -0.2) is 9.80 Å². The molecule has 0 aliphatic carbocycles. The summed E-state index contributed by atoms with van der Waals surface area (Å²) in [6, 6.07) is 23.2. The summed E-state index contributed by atoms with van der Waals surface area (Å²) < 4.78 is 0. The lowest BCUT2D eigenvalue weighted by molar-refractivity contribution is 0.0697. The molecule has 0 spiro atoms. The van der Waals surface area contributed by atoms with E-state index in [-0.39, 0.29) is 16.5 Å². The minimum absolute atomic E-state index is 0.154. The average Bonchev–Trinajstić information content (AvgIpc) is 3.47. The number of thiazole rings is 1. The molecule has 0 amide bonds. The molecule has 0 bridgehead atoms. The Morgan fingerprint density at radius 3 is 2.43 bits per heavy atom. The molecule has 5 rings (SSSR count). The van der Waals surface area contributed by atoms with E-state index in [1.807, 2.05) is 54.6 Å². The summed E-state index contributed by atoms with van der Waals surface area (Å²) in [6.45, 7) is 0. The molecule has 35 heavy (non-hydrogen) atoms. The molecule has 8 nitrogen and oxygen atoms in total. The molecule has 1 atom stereocenters. The summed E-state index contributed by atoms with van der Waals surface area (Å²) in [4.78, 5) is 26.0. The molecule has 10 heteroatoms. The molecular weight excluding hydrogens is 486 g/mol. The number of azo groups is 1. The molecule has 0 unspecified atom stereocenters. The van der Waals surface area contributed by atoms with Gasteiger partial charge in [0.15, 0.2) is 10.8 Å². The summed E-state index contributed by atoms with van der Waals surface area (Å²) in [5.41, 5.74) is 3.48. The Hall–Kier alpha value is -4.08. The van der Waals surface area contributed by atoms with Gasteiger partial charge in [-0.2, -0.15) is 5.10 Å². The number of anilines is 1. The maximum atomic E-state index is 12.3. The number of aromatic amines is 1. The van der Waals surface area contributed by atoms with Crippen molar-refractivity contribution < 1.29 is 9.90 Å². The van der Waals surface area contributed by atoms with Gasteiger partial charge in [-0.3, -0.25) is 9.78 Å². The van der Waals surface area contributed by atoms with Crippen molar-refractivity contribution in [2.75, 3.05) is 5.01 Å². The van der Waals surface area contributed by atoms with Gasteiger partial charge in [0.2, 0.25) is 0 Å². The van der Waals surface area contributed by atoms with E-state index in [1.165, 1.54) is 12.1 Å². The summed E-state index contributed by atoms with van der Waals surface area (Å²) in [5.74, 6) is -0.578. The minimum atomic E-state index is -1.02. The van der Waals surface area contributed by atoms with Gasteiger partial charge in [0.05, 0.1) is 23.0 Å². The Kier molecular flexibility index (Phi) is 6.26. The molecule has 0 fully saturated rings. The van der Waals surface area contributed by atoms with Gasteiger partial charge in [-0.05, 0) is 47.5 Å². The van der Waals surface area contributed by atoms with Crippen LogP contribution < -0.4 is 9.88 Å². The van der Waals surface area contributed by atoms with E-state index in [4.69, 9.17) is 21.8 Å². The van der Waals surface area contributed by atoms with Crippen molar-refractivity contribution in [1.29, 1.82) is 0 Å². The van der Waals surface area contributed by atoms with Crippen LogP contribution in [0.5, 0.6) is 0 Å². The SMILES string of the molecule is O=C(O)c1ccc(N=Nc2sc(=O)[nH]c2N2N=C(c3ccccc3)C[C@H]2c2ccc(Cl)cc2)cc1. The summed E-state index contributed by atoms with van der Waals surface area (Å²) in [5, 5.41) is 25.2. The zero-order valence-corrected chi connectivity index (χ0v) is 19.7. The molecule has 0 saturated carbocycles. The molecule has 4 aromatic rings. The van der Waals surface area contributed by atoms with Crippen molar-refractivity contribution in [1.82, 2.24) is 4.98 Å². The van der Waals surface area contributed by atoms with Crippen LogP contribution in [0, 0.1) is 0 Å². The predicted molar refractivity (Wildman–Crippen MR) is 137 cm³/mol. The number of H-pyrrole nitrogens is 1. The van der Waals surface area contributed by atoms with Crippen LogP contribution in [0.15, 0.2) is 99.0 Å². The molecular formula is C25H18ClN5O3S. The average molecular weight is 504 g/mol.